The van der Waals surface area contributed by atoms with Gasteiger partial charge in [0.25, 0.3) is 0 Å². The van der Waals surface area contributed by atoms with Crippen molar-refractivity contribution in [3.05, 3.63) is 15.9 Å². The number of likely N-dealkylation sites (N-methyl/N-ethyl adjacent to an activating group) is 1. The van der Waals surface area contributed by atoms with E-state index in [2.05, 4.69) is 47.1 Å². The summed E-state index contributed by atoms with van der Waals surface area (Å²) in [5.74, 6) is 0.766. The first kappa shape index (κ1) is 15.7. The van der Waals surface area contributed by atoms with Crippen molar-refractivity contribution in [1.29, 1.82) is 0 Å². The molecular weight excluding hydrogens is 290 g/mol. The van der Waals surface area contributed by atoms with Crippen LogP contribution < -0.4 is 5.32 Å². The molecule has 1 N–H and O–H groups in total. The molecule has 0 bridgehead atoms. The third-order valence-corrected chi connectivity index (χ3v) is 4.61. The van der Waals surface area contributed by atoms with Crippen molar-refractivity contribution in [2.24, 2.45) is 13.0 Å². The Labute approximate surface area is 119 Å². The molecule has 0 aliphatic rings. The van der Waals surface area contributed by atoms with Gasteiger partial charge in [-0.2, -0.15) is 5.10 Å². The van der Waals surface area contributed by atoms with E-state index in [1.54, 1.807) is 0 Å². The summed E-state index contributed by atoms with van der Waals surface area (Å²) in [7, 11) is 2.03. The standard InChI is InChI=1S/C14H26BrN3/c1-6-10(3)8-12(16-7-2)9-13-14(15)11(4)17-18(13)5/h10,12,16H,6-9H2,1-5H3. The number of rotatable bonds is 7. The van der Waals surface area contributed by atoms with Crippen molar-refractivity contribution >= 4 is 15.9 Å². The Bertz CT molecular complexity index is 373. The molecular formula is C14H26BrN3. The van der Waals surface area contributed by atoms with Crippen molar-refractivity contribution in [3.8, 4) is 0 Å². The number of aromatic nitrogens is 2. The molecule has 2 atom stereocenters. The lowest BCUT2D eigenvalue weighted by molar-refractivity contribution is 0.391. The number of hydrogen-bond acceptors (Lipinski definition) is 2. The zero-order chi connectivity index (χ0) is 13.7. The molecule has 3 nitrogen and oxygen atoms in total. The maximum Gasteiger partial charge on any atom is 0.0738 e. The van der Waals surface area contributed by atoms with Gasteiger partial charge in [-0.15, -0.1) is 0 Å². The number of hydrogen-bond donors (Lipinski definition) is 1. The molecule has 1 aromatic heterocycles. The highest BCUT2D eigenvalue weighted by atomic mass is 79.9. The van der Waals surface area contributed by atoms with Crippen LogP contribution in [-0.2, 0) is 13.5 Å². The second-order valence-electron chi connectivity index (χ2n) is 5.18. The molecule has 0 fully saturated rings. The zero-order valence-corrected chi connectivity index (χ0v) is 13.8. The molecule has 2 unspecified atom stereocenters. The SMILES string of the molecule is CCNC(Cc1c(Br)c(C)nn1C)CC(C)CC. The monoisotopic (exact) mass is 315 g/mol. The Morgan fingerprint density at radius 2 is 2.06 bits per heavy atom. The second-order valence-corrected chi connectivity index (χ2v) is 5.97. The van der Waals surface area contributed by atoms with Crippen LogP contribution in [0.2, 0.25) is 0 Å². The second kappa shape index (κ2) is 7.29. The average Bonchev–Trinajstić information content (AvgIpc) is 2.56. The number of halogens is 1. The highest BCUT2D eigenvalue weighted by Gasteiger charge is 2.17. The molecule has 0 amide bonds. The van der Waals surface area contributed by atoms with Crippen LogP contribution in [0.25, 0.3) is 0 Å². The van der Waals surface area contributed by atoms with E-state index in [-0.39, 0.29) is 0 Å². The van der Waals surface area contributed by atoms with Gasteiger partial charge in [-0.05, 0) is 41.7 Å². The van der Waals surface area contributed by atoms with Gasteiger partial charge in [0.15, 0.2) is 0 Å². The quantitative estimate of drug-likeness (QED) is 0.835. The summed E-state index contributed by atoms with van der Waals surface area (Å²) in [5.41, 5.74) is 2.37. The zero-order valence-electron chi connectivity index (χ0n) is 12.3. The normalized spacial score (nSPS) is 14.8. The van der Waals surface area contributed by atoms with E-state index in [0.717, 1.165) is 29.1 Å². The number of nitrogens with zero attached hydrogens (tertiary/aromatic N) is 2. The van der Waals surface area contributed by atoms with Crippen LogP contribution in [0, 0.1) is 12.8 Å². The summed E-state index contributed by atoms with van der Waals surface area (Å²) in [5, 5.41) is 8.06. The Kier molecular flexibility index (Phi) is 6.36. The van der Waals surface area contributed by atoms with Crippen molar-refractivity contribution in [1.82, 2.24) is 15.1 Å². The van der Waals surface area contributed by atoms with Crippen molar-refractivity contribution in [2.75, 3.05) is 6.54 Å². The van der Waals surface area contributed by atoms with Gasteiger partial charge in [0, 0.05) is 19.5 Å². The molecule has 104 valence electrons. The van der Waals surface area contributed by atoms with Gasteiger partial charge in [0.1, 0.15) is 0 Å². The van der Waals surface area contributed by atoms with E-state index >= 15 is 0 Å². The van der Waals surface area contributed by atoms with E-state index in [4.69, 9.17) is 0 Å². The van der Waals surface area contributed by atoms with E-state index in [1.807, 2.05) is 18.7 Å². The predicted octanol–water partition coefficient (Wildman–Crippen LogP) is 3.45. The van der Waals surface area contributed by atoms with Gasteiger partial charge in [-0.1, -0.05) is 27.2 Å². The third-order valence-electron chi connectivity index (χ3n) is 3.58. The first-order valence-electron chi connectivity index (χ1n) is 6.90. The van der Waals surface area contributed by atoms with Gasteiger partial charge in [0.2, 0.25) is 0 Å². The summed E-state index contributed by atoms with van der Waals surface area (Å²) in [6, 6.07) is 0.538. The lowest BCUT2D eigenvalue weighted by Crippen LogP contribution is -2.33. The molecule has 4 heteroatoms. The molecule has 0 aliphatic heterocycles. The van der Waals surface area contributed by atoms with Crippen LogP contribution in [0.5, 0.6) is 0 Å². The summed E-state index contributed by atoms with van der Waals surface area (Å²) < 4.78 is 3.16. The fraction of sp³-hybridized carbons (Fsp3) is 0.786. The van der Waals surface area contributed by atoms with Crippen LogP contribution in [0.15, 0.2) is 4.47 Å². The lowest BCUT2D eigenvalue weighted by Gasteiger charge is -2.21. The Morgan fingerprint density at radius 1 is 1.39 bits per heavy atom. The largest absolute Gasteiger partial charge is 0.314 e. The molecule has 1 rings (SSSR count). The average molecular weight is 316 g/mol. The summed E-state index contributed by atoms with van der Waals surface area (Å²) in [4.78, 5) is 0. The van der Waals surface area contributed by atoms with Gasteiger partial charge >= 0.3 is 0 Å². The van der Waals surface area contributed by atoms with E-state index < -0.39 is 0 Å². The highest BCUT2D eigenvalue weighted by molar-refractivity contribution is 9.10. The lowest BCUT2D eigenvalue weighted by atomic mass is 9.96. The van der Waals surface area contributed by atoms with Crippen LogP contribution in [-0.4, -0.2) is 22.4 Å². The van der Waals surface area contributed by atoms with Crippen LogP contribution in [0.4, 0.5) is 0 Å². The highest BCUT2D eigenvalue weighted by Crippen LogP contribution is 2.23. The molecule has 18 heavy (non-hydrogen) atoms. The van der Waals surface area contributed by atoms with Crippen molar-refractivity contribution in [2.45, 2.75) is 53.0 Å². The van der Waals surface area contributed by atoms with E-state index in [1.165, 1.54) is 18.5 Å². The third kappa shape index (κ3) is 4.09. The minimum atomic E-state index is 0.538. The first-order valence-corrected chi connectivity index (χ1v) is 7.70. The minimum absolute atomic E-state index is 0.538. The molecule has 1 aromatic rings. The first-order chi connectivity index (χ1) is 8.49. The summed E-state index contributed by atoms with van der Waals surface area (Å²) >= 11 is 3.65. The Morgan fingerprint density at radius 3 is 2.50 bits per heavy atom. The minimum Gasteiger partial charge on any atom is -0.314 e. The van der Waals surface area contributed by atoms with Crippen molar-refractivity contribution < 1.29 is 0 Å². The van der Waals surface area contributed by atoms with E-state index in [9.17, 15) is 0 Å². The van der Waals surface area contributed by atoms with E-state index in [0.29, 0.717) is 6.04 Å². The Hall–Kier alpha value is -0.350. The Balaban J connectivity index is 2.76. The maximum atomic E-state index is 4.47. The molecule has 0 aliphatic carbocycles. The summed E-state index contributed by atoms with van der Waals surface area (Å²) in [6.45, 7) is 9.83. The molecule has 0 spiro atoms. The van der Waals surface area contributed by atoms with Crippen LogP contribution >= 0.6 is 15.9 Å². The number of nitrogens with one attached hydrogen (secondary N) is 1. The summed E-state index contributed by atoms with van der Waals surface area (Å²) in [6.07, 6.45) is 3.50. The molecule has 1 heterocycles. The maximum absolute atomic E-state index is 4.47. The molecule has 0 radical (unpaired) electrons. The van der Waals surface area contributed by atoms with Gasteiger partial charge in [0.05, 0.1) is 15.9 Å². The van der Waals surface area contributed by atoms with Crippen molar-refractivity contribution in [3.63, 3.8) is 0 Å². The molecule has 0 aromatic carbocycles. The van der Waals surface area contributed by atoms with Crippen LogP contribution in [0.1, 0.15) is 45.0 Å². The topological polar surface area (TPSA) is 29.9 Å². The van der Waals surface area contributed by atoms with Gasteiger partial charge in [-0.3, -0.25) is 4.68 Å². The van der Waals surface area contributed by atoms with Gasteiger partial charge < -0.3 is 5.32 Å². The molecule has 0 saturated carbocycles. The number of aryl methyl sites for hydroxylation is 2. The fourth-order valence-corrected chi connectivity index (χ4v) is 2.81. The fourth-order valence-electron chi connectivity index (χ4n) is 2.32. The molecule has 0 saturated heterocycles. The smallest absolute Gasteiger partial charge is 0.0738 e. The van der Waals surface area contributed by atoms with Crippen LogP contribution in [0.3, 0.4) is 0 Å². The van der Waals surface area contributed by atoms with Gasteiger partial charge in [-0.25, -0.2) is 0 Å². The predicted molar refractivity (Wildman–Crippen MR) is 80.9 cm³/mol.